The molecule has 110 valence electrons. The molecule has 6 nitrogen and oxygen atoms in total. The molecule has 1 aromatic carbocycles. The molecule has 3 rings (SSSR count). The summed E-state index contributed by atoms with van der Waals surface area (Å²) in [6.45, 7) is 2.67. The van der Waals surface area contributed by atoms with Gasteiger partial charge in [-0.3, -0.25) is 0 Å². The van der Waals surface area contributed by atoms with Crippen molar-refractivity contribution in [3.63, 3.8) is 0 Å². The Bertz CT molecular complexity index is 805. The summed E-state index contributed by atoms with van der Waals surface area (Å²) in [5, 5.41) is 0.989. The van der Waals surface area contributed by atoms with Gasteiger partial charge in [0, 0.05) is 11.8 Å². The summed E-state index contributed by atoms with van der Waals surface area (Å²) in [5.41, 5.74) is 15.3. The first-order valence-electron chi connectivity index (χ1n) is 7.20. The van der Waals surface area contributed by atoms with Crippen LogP contribution in [0.25, 0.3) is 21.9 Å². The maximum Gasteiger partial charge on any atom is 0.152 e. The number of fused-ring (bicyclic) bond motifs is 3. The lowest BCUT2D eigenvalue weighted by Crippen LogP contribution is -2.12. The highest BCUT2D eigenvalue weighted by Gasteiger charge is 2.16. The molecule has 0 atom stereocenters. The number of nitrogen functional groups attached to an aromatic ring is 2. The summed E-state index contributed by atoms with van der Waals surface area (Å²) in [7, 11) is 0. The van der Waals surface area contributed by atoms with E-state index < -0.39 is 0 Å². The van der Waals surface area contributed by atoms with Crippen LogP contribution in [-0.2, 0) is 12.8 Å². The molecule has 0 aliphatic rings. The molecule has 0 amide bonds. The monoisotopic (exact) mass is 284 g/mol. The molecule has 0 spiro atoms. The van der Waals surface area contributed by atoms with Gasteiger partial charge in [-0.2, -0.15) is 0 Å². The zero-order valence-corrected chi connectivity index (χ0v) is 12.1. The third-order valence-corrected chi connectivity index (χ3v) is 3.80. The van der Waals surface area contributed by atoms with Gasteiger partial charge in [-0.05, 0) is 24.9 Å². The van der Waals surface area contributed by atoms with Crippen molar-refractivity contribution < 1.29 is 0 Å². The van der Waals surface area contributed by atoms with E-state index in [2.05, 4.69) is 16.0 Å². The quantitative estimate of drug-likeness (QED) is 0.626. The van der Waals surface area contributed by atoms with Crippen LogP contribution < -0.4 is 17.3 Å². The van der Waals surface area contributed by atoms with E-state index in [9.17, 15) is 0 Å². The number of aromatic nitrogens is 3. The van der Waals surface area contributed by atoms with Crippen LogP contribution in [-0.4, -0.2) is 21.2 Å². The Morgan fingerprint density at radius 2 is 2.00 bits per heavy atom. The fraction of sp³-hybridized carbons (Fsp3) is 0.333. The van der Waals surface area contributed by atoms with Gasteiger partial charge in [0.25, 0.3) is 0 Å². The first kappa shape index (κ1) is 13.6. The second-order valence-corrected chi connectivity index (χ2v) is 5.15. The Hall–Kier alpha value is -2.34. The zero-order chi connectivity index (χ0) is 15.0. The first-order chi connectivity index (χ1) is 10.2. The topological polar surface area (TPSA) is 109 Å². The lowest BCUT2D eigenvalue weighted by atomic mass is 10.0. The molecule has 6 N–H and O–H groups in total. The largest absolute Gasteiger partial charge is 0.382 e. The maximum atomic E-state index is 6.19. The normalized spacial score (nSPS) is 11.5. The van der Waals surface area contributed by atoms with E-state index in [4.69, 9.17) is 17.3 Å². The van der Waals surface area contributed by atoms with E-state index >= 15 is 0 Å². The predicted octanol–water partition coefficient (Wildman–Crippen LogP) is 1.33. The van der Waals surface area contributed by atoms with Crippen molar-refractivity contribution in [2.75, 3.05) is 18.1 Å². The van der Waals surface area contributed by atoms with Crippen LogP contribution in [0.3, 0.4) is 0 Å². The Kier molecular flexibility index (Phi) is 3.39. The second kappa shape index (κ2) is 5.21. The first-order valence-corrected chi connectivity index (χ1v) is 7.20. The van der Waals surface area contributed by atoms with E-state index in [1.807, 2.05) is 19.1 Å². The van der Waals surface area contributed by atoms with Crippen molar-refractivity contribution in [1.29, 1.82) is 0 Å². The number of rotatable bonds is 4. The van der Waals surface area contributed by atoms with Crippen LogP contribution in [0.15, 0.2) is 18.2 Å². The molecule has 3 aromatic rings. The Morgan fingerprint density at radius 3 is 2.71 bits per heavy atom. The van der Waals surface area contributed by atoms with Crippen molar-refractivity contribution in [3.8, 4) is 0 Å². The van der Waals surface area contributed by atoms with Gasteiger partial charge in [0.2, 0.25) is 0 Å². The molecule has 0 bridgehead atoms. The second-order valence-electron chi connectivity index (χ2n) is 5.15. The van der Waals surface area contributed by atoms with Gasteiger partial charge in [0.1, 0.15) is 16.9 Å². The minimum atomic E-state index is 0.427. The number of imidazole rings is 1. The molecule has 0 fully saturated rings. The molecule has 0 aliphatic carbocycles. The highest BCUT2D eigenvalue weighted by molar-refractivity contribution is 6.07. The van der Waals surface area contributed by atoms with Crippen molar-refractivity contribution in [2.24, 2.45) is 5.73 Å². The lowest BCUT2D eigenvalue weighted by Gasteiger charge is -2.08. The van der Waals surface area contributed by atoms with Gasteiger partial charge in [-0.25, -0.2) is 14.6 Å². The van der Waals surface area contributed by atoms with E-state index in [1.165, 1.54) is 0 Å². The van der Waals surface area contributed by atoms with Gasteiger partial charge < -0.3 is 17.3 Å². The number of hydrogen-bond acceptors (Lipinski definition) is 5. The maximum absolute atomic E-state index is 6.19. The average molecular weight is 284 g/mol. The Morgan fingerprint density at radius 1 is 1.19 bits per heavy atom. The summed E-state index contributed by atoms with van der Waals surface area (Å²) in [4.78, 5) is 9.05. The molecule has 0 saturated carbocycles. The predicted molar refractivity (Wildman–Crippen MR) is 86.4 cm³/mol. The van der Waals surface area contributed by atoms with Crippen LogP contribution in [0.2, 0.25) is 0 Å². The van der Waals surface area contributed by atoms with Gasteiger partial charge in [-0.15, -0.1) is 0 Å². The summed E-state index contributed by atoms with van der Waals surface area (Å²) < 4.78 is 1.63. The lowest BCUT2D eigenvalue weighted by molar-refractivity contribution is 0.836. The number of pyridine rings is 1. The van der Waals surface area contributed by atoms with Crippen LogP contribution in [0.1, 0.15) is 24.7 Å². The number of para-hydroxylation sites is 1. The number of aryl methyl sites for hydroxylation is 2. The third-order valence-electron chi connectivity index (χ3n) is 3.80. The SMILES string of the molecule is CCc1nc2c(N)nc3c(CCCN)cccc3c2n1N. The van der Waals surface area contributed by atoms with Crippen LogP contribution in [0, 0.1) is 0 Å². The number of benzene rings is 1. The zero-order valence-electron chi connectivity index (χ0n) is 12.1. The van der Waals surface area contributed by atoms with Gasteiger partial charge >= 0.3 is 0 Å². The molecule has 0 saturated heterocycles. The van der Waals surface area contributed by atoms with Crippen LogP contribution in [0.4, 0.5) is 5.82 Å². The number of nitrogens with two attached hydrogens (primary N) is 3. The van der Waals surface area contributed by atoms with Crippen molar-refractivity contribution in [3.05, 3.63) is 29.6 Å². The fourth-order valence-corrected chi connectivity index (χ4v) is 2.75. The van der Waals surface area contributed by atoms with E-state index in [-0.39, 0.29) is 0 Å². The molecule has 2 aromatic heterocycles. The number of nitrogens with zero attached hydrogens (tertiary/aromatic N) is 3. The minimum absolute atomic E-state index is 0.427. The van der Waals surface area contributed by atoms with E-state index in [1.54, 1.807) is 4.68 Å². The summed E-state index contributed by atoms with van der Waals surface area (Å²) in [5.74, 6) is 7.42. The molecule has 21 heavy (non-hydrogen) atoms. The molecular weight excluding hydrogens is 264 g/mol. The smallest absolute Gasteiger partial charge is 0.152 e. The van der Waals surface area contributed by atoms with Gasteiger partial charge in [-0.1, -0.05) is 25.1 Å². The highest BCUT2D eigenvalue weighted by Crippen LogP contribution is 2.29. The number of anilines is 1. The van der Waals surface area contributed by atoms with E-state index in [0.717, 1.165) is 47.1 Å². The van der Waals surface area contributed by atoms with Crippen molar-refractivity contribution >= 4 is 27.8 Å². The van der Waals surface area contributed by atoms with Gasteiger partial charge in [0.15, 0.2) is 5.82 Å². The summed E-state index contributed by atoms with van der Waals surface area (Å²) in [6, 6.07) is 6.10. The van der Waals surface area contributed by atoms with Crippen LogP contribution >= 0.6 is 0 Å². The highest BCUT2D eigenvalue weighted by atomic mass is 15.3. The van der Waals surface area contributed by atoms with Gasteiger partial charge in [0.05, 0.1) is 5.52 Å². The Balaban J connectivity index is 2.36. The van der Waals surface area contributed by atoms with E-state index in [0.29, 0.717) is 17.9 Å². The summed E-state index contributed by atoms with van der Waals surface area (Å²) >= 11 is 0. The Labute approximate surface area is 122 Å². The molecule has 0 radical (unpaired) electrons. The molecule has 0 unspecified atom stereocenters. The molecule has 0 aliphatic heterocycles. The fourth-order valence-electron chi connectivity index (χ4n) is 2.75. The molecule has 2 heterocycles. The minimum Gasteiger partial charge on any atom is -0.382 e. The third kappa shape index (κ3) is 2.08. The standard InChI is InChI=1S/C15H20N6/c1-2-11-19-13-14(21(11)18)10-7-3-5-9(6-4-8-16)12(10)20-15(13)17/h3,5,7H,2,4,6,8,16,18H2,1H3,(H2,17,20). The number of hydrogen-bond donors (Lipinski definition) is 3. The van der Waals surface area contributed by atoms with Crippen molar-refractivity contribution in [1.82, 2.24) is 14.6 Å². The van der Waals surface area contributed by atoms with Crippen molar-refractivity contribution in [2.45, 2.75) is 26.2 Å². The molecule has 6 heteroatoms. The molecular formula is C15H20N6. The summed E-state index contributed by atoms with van der Waals surface area (Å²) in [6.07, 6.45) is 2.55. The average Bonchev–Trinajstić information content (AvgIpc) is 2.83. The van der Waals surface area contributed by atoms with Crippen LogP contribution in [0.5, 0.6) is 0 Å².